The first-order valence-corrected chi connectivity index (χ1v) is 7.19. The van der Waals surface area contributed by atoms with Crippen LogP contribution in [0.5, 0.6) is 0 Å². The van der Waals surface area contributed by atoms with Gasteiger partial charge in [-0.25, -0.2) is 0 Å². The average molecular weight is 311 g/mol. The minimum Gasteiger partial charge on any atom is -0.352 e. The fourth-order valence-electron chi connectivity index (χ4n) is 2.25. The highest BCUT2D eigenvalue weighted by Crippen LogP contribution is 2.16. The van der Waals surface area contributed by atoms with E-state index >= 15 is 0 Å². The first-order chi connectivity index (χ1) is 8.65. The van der Waals surface area contributed by atoms with Gasteiger partial charge in [0.25, 0.3) is 0 Å². The molecule has 3 nitrogen and oxygen atoms in total. The van der Waals surface area contributed by atoms with E-state index in [1.54, 1.807) is 0 Å². The first kappa shape index (κ1) is 13.6. The normalized spacial score (nSPS) is 18.9. The van der Waals surface area contributed by atoms with E-state index in [0.29, 0.717) is 19.0 Å². The number of halogens is 1. The number of aryl methyl sites for hydroxylation is 1. The van der Waals surface area contributed by atoms with Crippen molar-refractivity contribution in [2.45, 2.75) is 38.8 Å². The van der Waals surface area contributed by atoms with E-state index in [1.807, 2.05) is 6.07 Å². The highest BCUT2D eigenvalue weighted by atomic mass is 79.9. The predicted octanol–water partition coefficient (Wildman–Crippen LogP) is 2.52. The Morgan fingerprint density at radius 1 is 1.56 bits per heavy atom. The minimum atomic E-state index is 0.133. The zero-order valence-electron chi connectivity index (χ0n) is 10.6. The van der Waals surface area contributed by atoms with Crippen LogP contribution >= 0.6 is 15.9 Å². The van der Waals surface area contributed by atoms with E-state index in [2.05, 4.69) is 45.6 Å². The maximum absolute atomic E-state index is 11.8. The van der Waals surface area contributed by atoms with Crippen LogP contribution < -0.4 is 10.6 Å². The van der Waals surface area contributed by atoms with Crippen LogP contribution in [0.3, 0.4) is 0 Å². The molecular weight excluding hydrogens is 292 g/mol. The molecule has 1 heterocycles. The molecule has 0 aliphatic carbocycles. The molecule has 2 N–H and O–H groups in total. The third-order valence-corrected chi connectivity index (χ3v) is 3.87. The van der Waals surface area contributed by atoms with E-state index in [0.717, 1.165) is 23.0 Å². The van der Waals surface area contributed by atoms with E-state index in [1.165, 1.54) is 12.0 Å². The summed E-state index contributed by atoms with van der Waals surface area (Å²) >= 11 is 3.45. The van der Waals surface area contributed by atoms with Gasteiger partial charge in [-0.15, -0.1) is 0 Å². The monoisotopic (exact) mass is 310 g/mol. The maximum Gasteiger partial charge on any atom is 0.221 e. The fraction of sp³-hybridized carbons (Fsp3) is 0.500. The fourth-order valence-corrected chi connectivity index (χ4v) is 2.66. The van der Waals surface area contributed by atoms with Crippen LogP contribution in [0.4, 0.5) is 0 Å². The highest BCUT2D eigenvalue weighted by Gasteiger charge is 2.17. The summed E-state index contributed by atoms with van der Waals surface area (Å²) in [7, 11) is 0. The second-order valence-electron chi connectivity index (χ2n) is 4.84. The van der Waals surface area contributed by atoms with E-state index in [9.17, 15) is 4.79 Å². The van der Waals surface area contributed by atoms with Crippen LogP contribution in [0.15, 0.2) is 22.7 Å². The molecule has 98 valence electrons. The Hall–Kier alpha value is -0.870. The van der Waals surface area contributed by atoms with Crippen molar-refractivity contribution in [1.29, 1.82) is 0 Å². The van der Waals surface area contributed by atoms with Crippen LogP contribution in [0.2, 0.25) is 0 Å². The van der Waals surface area contributed by atoms with Crippen molar-refractivity contribution in [2.24, 2.45) is 0 Å². The molecule has 0 bridgehead atoms. The van der Waals surface area contributed by atoms with Gasteiger partial charge in [0.15, 0.2) is 0 Å². The topological polar surface area (TPSA) is 41.1 Å². The first-order valence-electron chi connectivity index (χ1n) is 6.40. The Morgan fingerprint density at radius 2 is 2.39 bits per heavy atom. The van der Waals surface area contributed by atoms with Gasteiger partial charge >= 0.3 is 0 Å². The molecular formula is C14H19BrN2O. The Bertz CT molecular complexity index is 428. The molecule has 0 saturated carbocycles. The van der Waals surface area contributed by atoms with E-state index in [4.69, 9.17) is 0 Å². The van der Waals surface area contributed by atoms with Gasteiger partial charge in [0.2, 0.25) is 5.91 Å². The quantitative estimate of drug-likeness (QED) is 0.897. The lowest BCUT2D eigenvalue weighted by molar-refractivity contribution is -0.121. The zero-order valence-corrected chi connectivity index (χ0v) is 12.2. The average Bonchev–Trinajstić information content (AvgIpc) is 2.83. The largest absolute Gasteiger partial charge is 0.352 e. The molecule has 1 saturated heterocycles. The third-order valence-electron chi connectivity index (χ3n) is 3.38. The molecule has 0 radical (unpaired) electrons. The molecule has 1 aromatic carbocycles. The van der Waals surface area contributed by atoms with Gasteiger partial charge < -0.3 is 10.6 Å². The van der Waals surface area contributed by atoms with Gasteiger partial charge in [-0.05, 0) is 49.6 Å². The van der Waals surface area contributed by atoms with Crippen LogP contribution in [-0.2, 0) is 11.3 Å². The predicted molar refractivity (Wildman–Crippen MR) is 76.4 cm³/mol. The summed E-state index contributed by atoms with van der Waals surface area (Å²) in [4.78, 5) is 11.8. The Balaban J connectivity index is 1.83. The van der Waals surface area contributed by atoms with Crippen molar-refractivity contribution < 1.29 is 4.79 Å². The van der Waals surface area contributed by atoms with Gasteiger partial charge in [0.1, 0.15) is 0 Å². The van der Waals surface area contributed by atoms with Crippen molar-refractivity contribution in [1.82, 2.24) is 10.6 Å². The number of hydrogen-bond acceptors (Lipinski definition) is 2. The summed E-state index contributed by atoms with van der Waals surface area (Å²) < 4.78 is 1.05. The standard InChI is InChI=1S/C14H19BrN2O/c1-10-4-5-12(15)7-11(10)9-17-14(18)8-13-3-2-6-16-13/h4-5,7,13,16H,2-3,6,8-9H2,1H3,(H,17,18). The lowest BCUT2D eigenvalue weighted by Gasteiger charge is -2.11. The summed E-state index contributed by atoms with van der Waals surface area (Å²) in [6.07, 6.45) is 2.89. The molecule has 1 amide bonds. The number of benzene rings is 1. The van der Waals surface area contributed by atoms with Crippen LogP contribution in [0, 0.1) is 6.92 Å². The lowest BCUT2D eigenvalue weighted by Crippen LogP contribution is -2.31. The summed E-state index contributed by atoms with van der Waals surface area (Å²) in [5.74, 6) is 0.133. The molecule has 1 atom stereocenters. The molecule has 1 aromatic rings. The van der Waals surface area contributed by atoms with Gasteiger partial charge in [-0.2, -0.15) is 0 Å². The van der Waals surface area contributed by atoms with Crippen LogP contribution in [0.25, 0.3) is 0 Å². The number of nitrogens with one attached hydrogen (secondary N) is 2. The van der Waals surface area contributed by atoms with Crippen LogP contribution in [-0.4, -0.2) is 18.5 Å². The number of carbonyl (C=O) groups is 1. The summed E-state index contributed by atoms with van der Waals surface area (Å²) in [5.41, 5.74) is 2.37. The minimum absolute atomic E-state index is 0.133. The van der Waals surface area contributed by atoms with Gasteiger partial charge in [-0.1, -0.05) is 22.0 Å². The summed E-state index contributed by atoms with van der Waals surface area (Å²) in [5, 5.41) is 6.33. The number of hydrogen-bond donors (Lipinski definition) is 2. The summed E-state index contributed by atoms with van der Waals surface area (Å²) in [6, 6.07) is 6.50. The lowest BCUT2D eigenvalue weighted by atomic mass is 10.1. The second-order valence-corrected chi connectivity index (χ2v) is 5.76. The molecule has 1 fully saturated rings. The SMILES string of the molecule is Cc1ccc(Br)cc1CNC(=O)CC1CCCN1. The Morgan fingerprint density at radius 3 is 3.11 bits per heavy atom. The number of amides is 1. The molecule has 0 spiro atoms. The Kier molecular flexibility index (Phi) is 4.78. The molecule has 2 rings (SSSR count). The molecule has 1 unspecified atom stereocenters. The molecule has 4 heteroatoms. The van der Waals surface area contributed by atoms with Crippen molar-refractivity contribution in [3.63, 3.8) is 0 Å². The molecule has 18 heavy (non-hydrogen) atoms. The zero-order chi connectivity index (χ0) is 13.0. The van der Waals surface area contributed by atoms with Gasteiger partial charge in [0, 0.05) is 23.5 Å². The van der Waals surface area contributed by atoms with E-state index in [-0.39, 0.29) is 5.91 Å². The van der Waals surface area contributed by atoms with Crippen molar-refractivity contribution in [2.75, 3.05) is 6.54 Å². The van der Waals surface area contributed by atoms with Crippen LogP contribution in [0.1, 0.15) is 30.4 Å². The second kappa shape index (κ2) is 6.34. The van der Waals surface area contributed by atoms with Gasteiger partial charge in [-0.3, -0.25) is 4.79 Å². The van der Waals surface area contributed by atoms with Crippen molar-refractivity contribution in [3.8, 4) is 0 Å². The number of carbonyl (C=O) groups excluding carboxylic acids is 1. The van der Waals surface area contributed by atoms with Crippen molar-refractivity contribution >= 4 is 21.8 Å². The number of rotatable bonds is 4. The molecule has 1 aliphatic heterocycles. The van der Waals surface area contributed by atoms with E-state index < -0.39 is 0 Å². The highest BCUT2D eigenvalue weighted by molar-refractivity contribution is 9.10. The third kappa shape index (κ3) is 3.82. The smallest absolute Gasteiger partial charge is 0.221 e. The van der Waals surface area contributed by atoms with Gasteiger partial charge in [0.05, 0.1) is 0 Å². The summed E-state index contributed by atoms with van der Waals surface area (Å²) in [6.45, 7) is 3.71. The van der Waals surface area contributed by atoms with Crippen molar-refractivity contribution in [3.05, 3.63) is 33.8 Å². The Labute approximate surface area is 116 Å². The maximum atomic E-state index is 11.8. The molecule has 0 aromatic heterocycles. The molecule has 1 aliphatic rings.